The summed E-state index contributed by atoms with van der Waals surface area (Å²) in [4.78, 5) is 14.0. The van der Waals surface area contributed by atoms with E-state index in [4.69, 9.17) is 11.6 Å². The number of amides is 1. The minimum atomic E-state index is -0.0447. The fraction of sp³-hybridized carbons (Fsp3) is 0.500. The molecule has 1 fully saturated rings. The Kier molecular flexibility index (Phi) is 5.19. The molecular weight excluding hydrogens is 264 g/mol. The quantitative estimate of drug-likeness (QED) is 0.870. The summed E-state index contributed by atoms with van der Waals surface area (Å²) in [6.07, 6.45) is 2.53. The van der Waals surface area contributed by atoms with E-state index in [1.54, 1.807) is 12.1 Å². The number of para-hydroxylation sites is 1. The van der Waals surface area contributed by atoms with E-state index in [-0.39, 0.29) is 18.6 Å². The predicted octanol–water partition coefficient (Wildman–Crippen LogP) is 2.13. The van der Waals surface area contributed by atoms with Crippen molar-refractivity contribution in [1.29, 1.82) is 0 Å². The molecule has 1 aromatic rings. The van der Waals surface area contributed by atoms with Gasteiger partial charge in [0.1, 0.15) is 0 Å². The smallest absolute Gasteiger partial charge is 0.225 e. The van der Waals surface area contributed by atoms with Crippen molar-refractivity contribution >= 4 is 23.2 Å². The van der Waals surface area contributed by atoms with Gasteiger partial charge >= 0.3 is 0 Å². The van der Waals surface area contributed by atoms with E-state index in [1.165, 1.54) is 0 Å². The van der Waals surface area contributed by atoms with E-state index in [0.717, 1.165) is 19.4 Å². The zero-order chi connectivity index (χ0) is 13.7. The molecule has 1 atom stereocenters. The first-order chi connectivity index (χ1) is 9.20. The van der Waals surface area contributed by atoms with Crippen molar-refractivity contribution in [2.45, 2.75) is 25.3 Å². The number of halogens is 1. The Morgan fingerprint density at radius 2 is 2.26 bits per heavy atom. The van der Waals surface area contributed by atoms with Crippen molar-refractivity contribution in [2.24, 2.45) is 0 Å². The van der Waals surface area contributed by atoms with E-state index < -0.39 is 0 Å². The van der Waals surface area contributed by atoms with E-state index >= 15 is 0 Å². The lowest BCUT2D eigenvalue weighted by molar-refractivity contribution is -0.116. The molecule has 0 aromatic heterocycles. The summed E-state index contributed by atoms with van der Waals surface area (Å²) in [5.74, 6) is -0.0447. The van der Waals surface area contributed by atoms with Crippen LogP contribution in [0.1, 0.15) is 19.3 Å². The molecule has 0 aliphatic carbocycles. The van der Waals surface area contributed by atoms with Crippen LogP contribution >= 0.6 is 11.6 Å². The summed E-state index contributed by atoms with van der Waals surface area (Å²) in [5, 5.41) is 12.6. The summed E-state index contributed by atoms with van der Waals surface area (Å²) in [5.41, 5.74) is 0.647. The first kappa shape index (κ1) is 14.3. The zero-order valence-corrected chi connectivity index (χ0v) is 11.6. The van der Waals surface area contributed by atoms with Gasteiger partial charge in [-0.2, -0.15) is 0 Å². The molecule has 0 unspecified atom stereocenters. The van der Waals surface area contributed by atoms with Gasteiger partial charge in [0.05, 0.1) is 17.3 Å². The summed E-state index contributed by atoms with van der Waals surface area (Å²) < 4.78 is 0. The van der Waals surface area contributed by atoms with Crippen LogP contribution in [0.25, 0.3) is 0 Å². The van der Waals surface area contributed by atoms with Crippen molar-refractivity contribution in [3.63, 3.8) is 0 Å². The van der Waals surface area contributed by atoms with Gasteiger partial charge in [-0.05, 0) is 31.5 Å². The minimum absolute atomic E-state index is 0.0447. The second-order valence-corrected chi connectivity index (χ2v) is 5.20. The Hall–Kier alpha value is -1.10. The second kappa shape index (κ2) is 6.89. The Morgan fingerprint density at radius 1 is 1.47 bits per heavy atom. The highest BCUT2D eigenvalue weighted by Gasteiger charge is 2.23. The highest BCUT2D eigenvalue weighted by Crippen LogP contribution is 2.21. The molecule has 0 saturated carbocycles. The summed E-state index contributed by atoms with van der Waals surface area (Å²) >= 11 is 5.98. The van der Waals surface area contributed by atoms with Crippen LogP contribution in [-0.2, 0) is 4.79 Å². The van der Waals surface area contributed by atoms with E-state index in [1.807, 2.05) is 12.1 Å². The average Bonchev–Trinajstić information content (AvgIpc) is 2.86. The highest BCUT2D eigenvalue weighted by atomic mass is 35.5. The maximum atomic E-state index is 11.9. The van der Waals surface area contributed by atoms with Crippen LogP contribution in [0, 0.1) is 0 Å². The lowest BCUT2D eigenvalue weighted by atomic mass is 10.2. The van der Waals surface area contributed by atoms with Crippen molar-refractivity contribution < 1.29 is 9.90 Å². The summed E-state index contributed by atoms with van der Waals surface area (Å²) in [7, 11) is 0. The van der Waals surface area contributed by atoms with Crippen molar-refractivity contribution in [1.82, 2.24) is 4.90 Å². The van der Waals surface area contributed by atoms with Crippen LogP contribution in [0.5, 0.6) is 0 Å². The third-order valence-corrected chi connectivity index (χ3v) is 3.81. The average molecular weight is 283 g/mol. The Morgan fingerprint density at radius 3 is 3.00 bits per heavy atom. The molecule has 0 radical (unpaired) electrons. The largest absolute Gasteiger partial charge is 0.395 e. The standard InChI is InChI=1S/C14H19ClN2O2/c15-12-5-1-2-6-13(12)16-14(19)7-9-17-8-3-4-11(17)10-18/h1-2,5-6,11,18H,3-4,7-10H2,(H,16,19)/t11-/m1/s1. The molecular formula is C14H19ClN2O2. The molecule has 2 N–H and O–H groups in total. The molecule has 104 valence electrons. The monoisotopic (exact) mass is 282 g/mol. The fourth-order valence-corrected chi connectivity index (χ4v) is 2.60. The molecule has 1 aliphatic rings. The van der Waals surface area contributed by atoms with Crippen LogP contribution in [0.4, 0.5) is 5.69 Å². The van der Waals surface area contributed by atoms with E-state index in [0.29, 0.717) is 23.7 Å². The number of hydrogen-bond acceptors (Lipinski definition) is 3. The SMILES string of the molecule is O=C(CCN1CCC[C@@H]1CO)Nc1ccccc1Cl. The van der Waals surface area contributed by atoms with Crippen LogP contribution in [0.3, 0.4) is 0 Å². The number of aliphatic hydroxyl groups is 1. The number of nitrogens with zero attached hydrogens (tertiary/aromatic N) is 1. The number of carbonyl (C=O) groups excluding carboxylic acids is 1. The summed E-state index contributed by atoms with van der Waals surface area (Å²) in [6, 6.07) is 7.41. The van der Waals surface area contributed by atoms with Crippen molar-refractivity contribution in [2.75, 3.05) is 25.0 Å². The first-order valence-corrected chi connectivity index (χ1v) is 6.98. The molecule has 1 heterocycles. The molecule has 19 heavy (non-hydrogen) atoms. The third-order valence-electron chi connectivity index (χ3n) is 3.48. The maximum Gasteiger partial charge on any atom is 0.225 e. The Balaban J connectivity index is 1.80. The molecule has 0 spiro atoms. The van der Waals surface area contributed by atoms with Crippen LogP contribution in [0.15, 0.2) is 24.3 Å². The zero-order valence-electron chi connectivity index (χ0n) is 10.8. The topological polar surface area (TPSA) is 52.6 Å². The van der Waals surface area contributed by atoms with Gasteiger partial charge in [-0.25, -0.2) is 0 Å². The molecule has 1 aliphatic heterocycles. The Bertz CT molecular complexity index is 439. The number of rotatable bonds is 5. The molecule has 2 rings (SSSR count). The molecule has 1 saturated heterocycles. The summed E-state index contributed by atoms with van der Waals surface area (Å²) in [6.45, 7) is 1.82. The van der Waals surface area contributed by atoms with Gasteiger partial charge in [0, 0.05) is 19.0 Å². The number of aliphatic hydroxyl groups excluding tert-OH is 1. The van der Waals surface area contributed by atoms with Crippen LogP contribution in [0.2, 0.25) is 5.02 Å². The van der Waals surface area contributed by atoms with Gasteiger partial charge in [0.15, 0.2) is 0 Å². The van der Waals surface area contributed by atoms with Gasteiger partial charge < -0.3 is 10.4 Å². The normalized spacial score (nSPS) is 19.6. The fourth-order valence-electron chi connectivity index (χ4n) is 2.42. The molecule has 0 bridgehead atoms. The third kappa shape index (κ3) is 3.93. The highest BCUT2D eigenvalue weighted by molar-refractivity contribution is 6.33. The minimum Gasteiger partial charge on any atom is -0.395 e. The number of nitrogens with one attached hydrogen (secondary N) is 1. The van der Waals surface area contributed by atoms with Gasteiger partial charge in [-0.15, -0.1) is 0 Å². The maximum absolute atomic E-state index is 11.9. The molecule has 1 aromatic carbocycles. The van der Waals surface area contributed by atoms with Gasteiger partial charge in [0.25, 0.3) is 0 Å². The number of benzene rings is 1. The molecule has 5 heteroatoms. The first-order valence-electron chi connectivity index (χ1n) is 6.60. The van der Waals surface area contributed by atoms with Crippen LogP contribution in [-0.4, -0.2) is 41.7 Å². The lowest BCUT2D eigenvalue weighted by Gasteiger charge is -2.22. The van der Waals surface area contributed by atoms with Gasteiger partial charge in [-0.3, -0.25) is 9.69 Å². The predicted molar refractivity (Wildman–Crippen MR) is 76.4 cm³/mol. The molecule has 4 nitrogen and oxygen atoms in total. The molecule has 1 amide bonds. The Labute approximate surface area is 118 Å². The number of anilines is 1. The number of carbonyl (C=O) groups is 1. The number of hydrogen-bond donors (Lipinski definition) is 2. The van der Waals surface area contributed by atoms with Crippen molar-refractivity contribution in [3.05, 3.63) is 29.3 Å². The second-order valence-electron chi connectivity index (χ2n) is 4.79. The number of likely N-dealkylation sites (tertiary alicyclic amines) is 1. The van der Waals surface area contributed by atoms with Gasteiger partial charge in [0.2, 0.25) is 5.91 Å². The van der Waals surface area contributed by atoms with Crippen LogP contribution < -0.4 is 5.32 Å². The lowest BCUT2D eigenvalue weighted by Crippen LogP contribution is -2.34. The van der Waals surface area contributed by atoms with Gasteiger partial charge in [-0.1, -0.05) is 23.7 Å². The van der Waals surface area contributed by atoms with Crippen molar-refractivity contribution in [3.8, 4) is 0 Å². The van der Waals surface area contributed by atoms with E-state index in [2.05, 4.69) is 10.2 Å². The van der Waals surface area contributed by atoms with E-state index in [9.17, 15) is 9.90 Å².